The number of fused-ring (bicyclic) bond motifs is 1. The lowest BCUT2D eigenvalue weighted by molar-refractivity contribution is -0.111. The van der Waals surface area contributed by atoms with Crippen molar-refractivity contribution in [2.45, 2.75) is 26.2 Å². The molecule has 2 aromatic rings. The molecule has 7 nitrogen and oxygen atoms in total. The average molecular weight is 380 g/mol. The Labute approximate surface area is 163 Å². The minimum atomic E-state index is -0.214. The molecule has 1 N–H and O–H groups in total. The van der Waals surface area contributed by atoms with Gasteiger partial charge in [-0.15, -0.1) is 5.10 Å². The van der Waals surface area contributed by atoms with Gasteiger partial charge in [-0.2, -0.15) is 0 Å². The minimum Gasteiger partial charge on any atom is -0.505 e. The predicted octanol–water partition coefficient (Wildman–Crippen LogP) is 3.24. The van der Waals surface area contributed by atoms with Crippen molar-refractivity contribution in [3.8, 4) is 5.88 Å². The molecule has 0 amide bonds. The minimum absolute atomic E-state index is 0.109. The summed E-state index contributed by atoms with van der Waals surface area (Å²) >= 11 is 0. The molecule has 1 aliphatic heterocycles. The average Bonchev–Trinajstić information content (AvgIpc) is 3.06. The summed E-state index contributed by atoms with van der Waals surface area (Å²) in [6.45, 7) is 5.18. The number of piperidine rings is 1. The molecule has 0 saturated carbocycles. The predicted molar refractivity (Wildman–Crippen MR) is 108 cm³/mol. The Balaban J connectivity index is 1.61. The molecular formula is C21H24N4O3. The van der Waals surface area contributed by atoms with Gasteiger partial charge in [-0.25, -0.2) is 9.51 Å². The number of hydrogen-bond acceptors (Lipinski definition) is 6. The summed E-state index contributed by atoms with van der Waals surface area (Å²) in [5.74, 6) is 0.0998. The molecule has 1 fully saturated rings. The monoisotopic (exact) mass is 380 g/mol. The number of ether oxygens (including phenoxy) is 1. The molecule has 0 atom stereocenters. The molecule has 1 saturated heterocycles. The molecular weight excluding hydrogens is 356 g/mol. The first-order chi connectivity index (χ1) is 13.6. The number of carbonyl (C=O) groups excluding carboxylic acids is 1. The van der Waals surface area contributed by atoms with Crippen LogP contribution in [0.2, 0.25) is 0 Å². The first-order valence-electron chi connectivity index (χ1n) is 9.67. The molecule has 1 aliphatic carbocycles. The van der Waals surface area contributed by atoms with Crippen molar-refractivity contribution < 1.29 is 14.6 Å². The number of aliphatic imine (C=N–C) groups is 1. The summed E-state index contributed by atoms with van der Waals surface area (Å²) in [4.78, 5) is 18.7. The van der Waals surface area contributed by atoms with Crippen molar-refractivity contribution >= 4 is 22.7 Å². The molecule has 0 radical (unpaired) electrons. The quantitative estimate of drug-likeness (QED) is 0.806. The normalized spacial score (nSPS) is 19.8. The molecule has 3 heterocycles. The van der Waals surface area contributed by atoms with Crippen molar-refractivity contribution in [1.82, 2.24) is 14.5 Å². The molecule has 0 aromatic carbocycles. The molecule has 0 unspecified atom stereocenters. The van der Waals surface area contributed by atoms with E-state index < -0.39 is 0 Å². The van der Waals surface area contributed by atoms with E-state index in [4.69, 9.17) is 4.74 Å². The Hall–Kier alpha value is -2.93. The van der Waals surface area contributed by atoms with Crippen LogP contribution < -0.4 is 4.74 Å². The van der Waals surface area contributed by atoms with Gasteiger partial charge in [0.05, 0.1) is 5.52 Å². The number of carbonyl (C=O) groups is 1. The third-order valence-corrected chi connectivity index (χ3v) is 5.17. The number of allylic oxidation sites excluding steroid dienone is 3. The second kappa shape index (κ2) is 7.98. The summed E-state index contributed by atoms with van der Waals surface area (Å²) in [6.07, 6.45) is 8.55. The largest absolute Gasteiger partial charge is 0.505 e. The van der Waals surface area contributed by atoms with Crippen LogP contribution in [-0.4, -0.2) is 57.4 Å². The Morgan fingerprint density at radius 1 is 1.21 bits per heavy atom. The highest BCUT2D eigenvalue weighted by Crippen LogP contribution is 2.33. The van der Waals surface area contributed by atoms with Crippen LogP contribution in [-0.2, 0) is 4.79 Å². The number of hydrogen-bond donors (Lipinski definition) is 1. The fourth-order valence-corrected chi connectivity index (χ4v) is 3.50. The van der Waals surface area contributed by atoms with Crippen LogP contribution in [0.5, 0.6) is 5.88 Å². The highest BCUT2D eigenvalue weighted by molar-refractivity contribution is 6.21. The second-order valence-corrected chi connectivity index (χ2v) is 7.10. The maximum absolute atomic E-state index is 11.7. The Morgan fingerprint density at radius 3 is 2.86 bits per heavy atom. The molecule has 0 spiro atoms. The third-order valence-electron chi connectivity index (χ3n) is 5.17. The van der Waals surface area contributed by atoms with E-state index in [9.17, 15) is 9.90 Å². The van der Waals surface area contributed by atoms with E-state index in [1.165, 1.54) is 31.4 Å². The lowest BCUT2D eigenvalue weighted by Gasteiger charge is -2.25. The first kappa shape index (κ1) is 18.4. The number of pyridine rings is 1. The van der Waals surface area contributed by atoms with Gasteiger partial charge in [0.15, 0.2) is 11.5 Å². The Kier molecular flexibility index (Phi) is 5.25. The van der Waals surface area contributed by atoms with Crippen LogP contribution in [0.25, 0.3) is 5.52 Å². The molecule has 7 heteroatoms. The summed E-state index contributed by atoms with van der Waals surface area (Å²) in [5, 5.41) is 14.8. The van der Waals surface area contributed by atoms with Gasteiger partial charge >= 0.3 is 0 Å². The van der Waals surface area contributed by atoms with Gasteiger partial charge in [-0.1, -0.05) is 12.5 Å². The van der Waals surface area contributed by atoms with Crippen molar-refractivity contribution in [3.05, 3.63) is 47.9 Å². The van der Waals surface area contributed by atoms with Crippen molar-refractivity contribution in [1.29, 1.82) is 0 Å². The van der Waals surface area contributed by atoms with Crippen LogP contribution in [0.4, 0.5) is 5.69 Å². The number of nitrogens with zero attached hydrogens (tertiary/aromatic N) is 4. The summed E-state index contributed by atoms with van der Waals surface area (Å²) in [6, 6.07) is 5.68. The molecule has 146 valence electrons. The summed E-state index contributed by atoms with van der Waals surface area (Å²) < 4.78 is 7.69. The standard InChI is InChI=1S/C21H24N4O3/c1-15-18(26)9-8-16(20(15)27)22-19-17-7-3-6-12-25(17)23-21(19)28-14-13-24-10-4-2-5-11-24/h3,6-9,12,27H,2,4-5,10-11,13-14H2,1H3/b22-16+. The van der Waals surface area contributed by atoms with Gasteiger partial charge in [0.1, 0.15) is 18.1 Å². The van der Waals surface area contributed by atoms with Gasteiger partial charge in [0.2, 0.25) is 0 Å². The molecule has 2 aliphatic rings. The number of ketones is 1. The molecule has 2 aromatic heterocycles. The fraction of sp³-hybridized carbons (Fsp3) is 0.381. The SMILES string of the molecule is CC1=C(O)/C(=N/c2c(OCCN3CCCCC3)nn3ccccc23)C=CC1=O. The molecule has 0 bridgehead atoms. The number of aliphatic hydroxyl groups excluding tert-OH is 1. The van der Waals surface area contributed by atoms with Crippen LogP contribution in [0.15, 0.2) is 52.9 Å². The van der Waals surface area contributed by atoms with E-state index in [2.05, 4.69) is 15.0 Å². The zero-order valence-electron chi connectivity index (χ0n) is 16.0. The van der Waals surface area contributed by atoms with Crippen LogP contribution in [0.1, 0.15) is 26.2 Å². The van der Waals surface area contributed by atoms with E-state index >= 15 is 0 Å². The first-order valence-corrected chi connectivity index (χ1v) is 9.67. The zero-order chi connectivity index (χ0) is 19.5. The number of aliphatic hydroxyl groups is 1. The number of rotatable bonds is 5. The van der Waals surface area contributed by atoms with Gasteiger partial charge in [0, 0.05) is 18.3 Å². The van der Waals surface area contributed by atoms with Gasteiger partial charge in [-0.3, -0.25) is 9.69 Å². The number of likely N-dealkylation sites (tertiary alicyclic amines) is 1. The van der Waals surface area contributed by atoms with Crippen LogP contribution in [0.3, 0.4) is 0 Å². The van der Waals surface area contributed by atoms with Crippen molar-refractivity contribution in [2.75, 3.05) is 26.2 Å². The highest BCUT2D eigenvalue weighted by Gasteiger charge is 2.20. The van der Waals surface area contributed by atoms with E-state index in [-0.39, 0.29) is 17.1 Å². The lowest BCUT2D eigenvalue weighted by atomic mass is 10.0. The molecule has 4 rings (SSSR count). The van der Waals surface area contributed by atoms with Gasteiger partial charge < -0.3 is 9.84 Å². The Bertz CT molecular complexity index is 981. The smallest absolute Gasteiger partial charge is 0.260 e. The van der Waals surface area contributed by atoms with Gasteiger partial charge in [0.25, 0.3) is 5.88 Å². The topological polar surface area (TPSA) is 79.4 Å². The van der Waals surface area contributed by atoms with Crippen molar-refractivity contribution in [3.63, 3.8) is 0 Å². The van der Waals surface area contributed by atoms with E-state index in [0.29, 0.717) is 23.9 Å². The summed E-state index contributed by atoms with van der Waals surface area (Å²) in [5.41, 5.74) is 1.94. The summed E-state index contributed by atoms with van der Waals surface area (Å²) in [7, 11) is 0. The van der Waals surface area contributed by atoms with Crippen LogP contribution >= 0.6 is 0 Å². The maximum Gasteiger partial charge on any atom is 0.260 e. The third kappa shape index (κ3) is 3.71. The Morgan fingerprint density at radius 2 is 2.04 bits per heavy atom. The fourth-order valence-electron chi connectivity index (χ4n) is 3.50. The second-order valence-electron chi connectivity index (χ2n) is 7.10. The highest BCUT2D eigenvalue weighted by atomic mass is 16.5. The van der Waals surface area contributed by atoms with Crippen molar-refractivity contribution in [2.24, 2.45) is 4.99 Å². The van der Waals surface area contributed by atoms with Gasteiger partial charge in [-0.05, 0) is 57.1 Å². The zero-order valence-corrected chi connectivity index (χ0v) is 16.0. The van der Waals surface area contributed by atoms with E-state index in [1.54, 1.807) is 11.4 Å². The molecule has 28 heavy (non-hydrogen) atoms. The maximum atomic E-state index is 11.7. The van der Waals surface area contributed by atoms with Crippen LogP contribution in [0, 0.1) is 0 Å². The lowest BCUT2D eigenvalue weighted by Crippen LogP contribution is -2.33. The van der Waals surface area contributed by atoms with E-state index in [0.717, 1.165) is 25.2 Å². The van der Waals surface area contributed by atoms with E-state index in [1.807, 2.05) is 24.4 Å². The number of aromatic nitrogens is 2.